The minimum absolute atomic E-state index is 0.117. The van der Waals surface area contributed by atoms with Crippen molar-refractivity contribution in [2.45, 2.75) is 0 Å². The molecule has 0 unspecified atom stereocenters. The van der Waals surface area contributed by atoms with E-state index in [0.29, 0.717) is 31.7 Å². The molecule has 0 saturated carbocycles. The number of amides is 1. The maximum Gasteiger partial charge on any atom is 0.246 e. The molecule has 0 bridgehead atoms. The van der Waals surface area contributed by atoms with Crippen molar-refractivity contribution in [3.63, 3.8) is 0 Å². The first-order valence-electron chi connectivity index (χ1n) is 7.56. The Morgan fingerprint density at radius 1 is 1.21 bits per heavy atom. The minimum Gasteiger partial charge on any atom is -0.352 e. The first kappa shape index (κ1) is 16.6. The van der Waals surface area contributed by atoms with E-state index in [4.69, 9.17) is 0 Å². The molecule has 5 nitrogen and oxygen atoms in total. The maximum atomic E-state index is 13.7. The molecule has 0 spiro atoms. The molecule has 1 amide bonds. The summed E-state index contributed by atoms with van der Waals surface area (Å²) in [4.78, 5) is 24.4. The van der Waals surface area contributed by atoms with Crippen molar-refractivity contribution < 1.29 is 9.18 Å². The van der Waals surface area contributed by atoms with Crippen LogP contribution in [0.5, 0.6) is 0 Å². The first-order valence-corrected chi connectivity index (χ1v) is 8.36. The van der Waals surface area contributed by atoms with E-state index in [2.05, 4.69) is 30.8 Å². The van der Waals surface area contributed by atoms with Crippen LogP contribution in [-0.4, -0.2) is 47.0 Å². The number of nitrogens with zero attached hydrogens (tertiary/aromatic N) is 4. The smallest absolute Gasteiger partial charge is 0.246 e. The molecule has 0 atom stereocenters. The largest absolute Gasteiger partial charge is 0.352 e. The molecule has 124 valence electrons. The molecule has 1 saturated heterocycles. The Labute approximate surface area is 148 Å². The summed E-state index contributed by atoms with van der Waals surface area (Å²) in [5.74, 6) is 0.347. The number of aromatic nitrogens is 2. The molecule has 0 N–H and O–H groups in total. The summed E-state index contributed by atoms with van der Waals surface area (Å²) in [7, 11) is 0. The molecule has 1 fully saturated rings. The van der Waals surface area contributed by atoms with Crippen LogP contribution in [0.2, 0.25) is 0 Å². The van der Waals surface area contributed by atoms with Crippen LogP contribution in [-0.2, 0) is 4.79 Å². The topological polar surface area (TPSA) is 49.3 Å². The third-order valence-electron chi connectivity index (χ3n) is 3.83. The fourth-order valence-electron chi connectivity index (χ4n) is 2.52. The molecule has 1 aromatic carbocycles. The number of rotatable bonds is 3. The van der Waals surface area contributed by atoms with Crippen molar-refractivity contribution in [3.05, 3.63) is 58.7 Å². The van der Waals surface area contributed by atoms with E-state index < -0.39 is 0 Å². The lowest BCUT2D eigenvalue weighted by Gasteiger charge is -2.34. The number of anilines is 1. The lowest BCUT2D eigenvalue weighted by Crippen LogP contribution is -2.48. The summed E-state index contributed by atoms with van der Waals surface area (Å²) in [6.45, 7) is 2.59. The van der Waals surface area contributed by atoms with Crippen molar-refractivity contribution in [1.29, 1.82) is 0 Å². The van der Waals surface area contributed by atoms with Crippen LogP contribution in [0.1, 0.15) is 5.56 Å². The van der Waals surface area contributed by atoms with E-state index in [9.17, 15) is 9.18 Å². The Morgan fingerprint density at radius 3 is 2.71 bits per heavy atom. The van der Waals surface area contributed by atoms with E-state index in [0.717, 1.165) is 10.3 Å². The van der Waals surface area contributed by atoms with Gasteiger partial charge in [-0.2, -0.15) is 0 Å². The molecule has 1 aliphatic heterocycles. The van der Waals surface area contributed by atoms with Crippen LogP contribution in [0.3, 0.4) is 0 Å². The Bertz CT molecular complexity index is 746. The predicted octanol–water partition coefficient (Wildman–Crippen LogP) is 2.74. The highest BCUT2D eigenvalue weighted by molar-refractivity contribution is 9.10. The number of piperazine rings is 1. The molecule has 1 aromatic heterocycles. The predicted molar refractivity (Wildman–Crippen MR) is 94.0 cm³/mol. The molecular weight excluding hydrogens is 375 g/mol. The van der Waals surface area contributed by atoms with Crippen molar-refractivity contribution in [2.24, 2.45) is 0 Å². The average Bonchev–Trinajstić information content (AvgIpc) is 2.63. The second-order valence-electron chi connectivity index (χ2n) is 5.38. The normalized spacial score (nSPS) is 15.1. The monoisotopic (exact) mass is 390 g/mol. The molecule has 1 aliphatic rings. The summed E-state index contributed by atoms with van der Waals surface area (Å²) in [5.41, 5.74) is 0.385. The number of hydrogen-bond acceptors (Lipinski definition) is 4. The number of halogens is 2. The van der Waals surface area contributed by atoms with Gasteiger partial charge in [-0.25, -0.2) is 9.37 Å². The number of benzene rings is 1. The molecule has 2 aromatic rings. The average molecular weight is 391 g/mol. The second-order valence-corrected chi connectivity index (χ2v) is 6.29. The van der Waals surface area contributed by atoms with Gasteiger partial charge < -0.3 is 9.80 Å². The van der Waals surface area contributed by atoms with Gasteiger partial charge in [0.2, 0.25) is 5.91 Å². The van der Waals surface area contributed by atoms with Gasteiger partial charge in [0.15, 0.2) is 0 Å². The van der Waals surface area contributed by atoms with Gasteiger partial charge in [0.1, 0.15) is 11.6 Å². The summed E-state index contributed by atoms with van der Waals surface area (Å²) in [5, 5.41) is 0. The van der Waals surface area contributed by atoms with Gasteiger partial charge in [0.05, 0.1) is 6.20 Å². The highest BCUT2D eigenvalue weighted by Crippen LogP contribution is 2.17. The standard InChI is InChI=1S/C17H16BrFN4O/c18-14-2-3-15(19)13(11-14)1-4-17(24)23-9-7-22(8-10-23)16-12-20-5-6-21-16/h1-6,11-12H,7-10H2/b4-1+. The Hall–Kier alpha value is -2.28. The van der Waals surface area contributed by atoms with Crippen LogP contribution in [0.25, 0.3) is 6.08 Å². The molecule has 0 aliphatic carbocycles. The summed E-state index contributed by atoms with van der Waals surface area (Å²) in [6, 6.07) is 4.64. The zero-order chi connectivity index (χ0) is 16.9. The zero-order valence-corrected chi connectivity index (χ0v) is 14.5. The van der Waals surface area contributed by atoms with Gasteiger partial charge in [-0.05, 0) is 24.3 Å². The van der Waals surface area contributed by atoms with Gasteiger partial charge in [-0.3, -0.25) is 9.78 Å². The summed E-state index contributed by atoms with van der Waals surface area (Å²) < 4.78 is 14.5. The first-order chi connectivity index (χ1) is 11.6. The fourth-order valence-corrected chi connectivity index (χ4v) is 2.90. The number of carbonyl (C=O) groups excluding carboxylic acids is 1. The van der Waals surface area contributed by atoms with Gasteiger partial charge in [-0.15, -0.1) is 0 Å². The van der Waals surface area contributed by atoms with Crippen molar-refractivity contribution in [1.82, 2.24) is 14.9 Å². The molecule has 3 rings (SSSR count). The van der Waals surface area contributed by atoms with E-state index in [1.807, 2.05) is 0 Å². The minimum atomic E-state index is -0.352. The third kappa shape index (κ3) is 3.97. The Morgan fingerprint density at radius 2 is 2.00 bits per heavy atom. The van der Waals surface area contributed by atoms with Crippen molar-refractivity contribution in [2.75, 3.05) is 31.1 Å². The maximum absolute atomic E-state index is 13.7. The van der Waals surface area contributed by atoms with E-state index in [1.165, 1.54) is 18.2 Å². The molecule has 2 heterocycles. The Kier molecular flexibility index (Phi) is 5.20. The van der Waals surface area contributed by atoms with Gasteiger partial charge in [0.25, 0.3) is 0 Å². The van der Waals surface area contributed by atoms with Crippen molar-refractivity contribution in [3.8, 4) is 0 Å². The molecule has 0 radical (unpaired) electrons. The highest BCUT2D eigenvalue weighted by Gasteiger charge is 2.20. The van der Waals surface area contributed by atoms with Gasteiger partial charge in [0, 0.05) is 54.7 Å². The lowest BCUT2D eigenvalue weighted by atomic mass is 10.2. The van der Waals surface area contributed by atoms with Crippen LogP contribution < -0.4 is 4.90 Å². The van der Waals surface area contributed by atoms with Crippen molar-refractivity contribution >= 4 is 33.7 Å². The van der Waals surface area contributed by atoms with Crippen LogP contribution in [0.4, 0.5) is 10.2 Å². The highest BCUT2D eigenvalue weighted by atomic mass is 79.9. The molecule has 7 heteroatoms. The number of hydrogen-bond donors (Lipinski definition) is 0. The van der Waals surface area contributed by atoms with E-state index in [-0.39, 0.29) is 11.7 Å². The Balaban J connectivity index is 1.59. The van der Waals surface area contributed by atoms with Gasteiger partial charge >= 0.3 is 0 Å². The number of carbonyl (C=O) groups is 1. The van der Waals surface area contributed by atoms with Crippen LogP contribution in [0, 0.1) is 5.82 Å². The second kappa shape index (κ2) is 7.53. The van der Waals surface area contributed by atoms with E-state index in [1.54, 1.807) is 35.6 Å². The zero-order valence-electron chi connectivity index (χ0n) is 12.9. The van der Waals surface area contributed by atoms with E-state index >= 15 is 0 Å². The molecular formula is C17H16BrFN4O. The van der Waals surface area contributed by atoms with Crippen LogP contribution in [0.15, 0.2) is 47.3 Å². The molecule has 24 heavy (non-hydrogen) atoms. The lowest BCUT2D eigenvalue weighted by molar-refractivity contribution is -0.126. The SMILES string of the molecule is O=C(/C=C/c1cc(Br)ccc1F)N1CCN(c2cnccn2)CC1. The third-order valence-corrected chi connectivity index (χ3v) is 4.32. The van der Waals surface area contributed by atoms with Gasteiger partial charge in [-0.1, -0.05) is 15.9 Å². The quantitative estimate of drug-likeness (QED) is 0.756. The van der Waals surface area contributed by atoms with Crippen LogP contribution >= 0.6 is 15.9 Å². The summed E-state index contributed by atoms with van der Waals surface area (Å²) >= 11 is 3.30. The summed E-state index contributed by atoms with van der Waals surface area (Å²) in [6.07, 6.45) is 7.94. The fraction of sp³-hybridized carbons (Fsp3) is 0.235.